The van der Waals surface area contributed by atoms with Gasteiger partial charge in [0.15, 0.2) is 5.78 Å². The maximum Gasteiger partial charge on any atom is 0.153 e. The summed E-state index contributed by atoms with van der Waals surface area (Å²) in [4.78, 5) is 14.8. The molecule has 0 amide bonds. The fourth-order valence-corrected chi connectivity index (χ4v) is 4.34. The molecule has 1 unspecified atom stereocenters. The van der Waals surface area contributed by atoms with Gasteiger partial charge in [0.2, 0.25) is 0 Å². The van der Waals surface area contributed by atoms with E-state index in [4.69, 9.17) is 4.74 Å². The number of hydrogen-bond donors (Lipinski definition) is 0. The molecule has 1 aliphatic heterocycles. The second-order valence-electron chi connectivity index (χ2n) is 6.04. The molecule has 16 heavy (non-hydrogen) atoms. The molecule has 0 radical (unpaired) electrons. The predicted molar refractivity (Wildman–Crippen MR) is 61.3 cm³/mol. The monoisotopic (exact) mass is 223 g/mol. The highest BCUT2D eigenvalue weighted by atomic mass is 16.5. The topological polar surface area (TPSA) is 29.5 Å². The van der Waals surface area contributed by atoms with E-state index in [1.807, 2.05) is 0 Å². The molecule has 0 aromatic rings. The van der Waals surface area contributed by atoms with Crippen molar-refractivity contribution in [3.63, 3.8) is 0 Å². The first-order valence-corrected chi connectivity index (χ1v) is 6.45. The molecule has 3 aliphatic rings. The molecule has 2 saturated carbocycles. The summed E-state index contributed by atoms with van der Waals surface area (Å²) in [6, 6.07) is 0. The molecule has 2 bridgehead atoms. The number of rotatable bonds is 1. The van der Waals surface area contributed by atoms with Crippen LogP contribution in [0, 0.1) is 11.3 Å². The lowest BCUT2D eigenvalue weighted by molar-refractivity contribution is -0.137. The Labute approximate surface area is 97.1 Å². The van der Waals surface area contributed by atoms with Crippen LogP contribution in [0.5, 0.6) is 0 Å². The Morgan fingerprint density at radius 1 is 1.31 bits per heavy atom. The number of Topliss-reactive ketones (excluding diaryl/α,β-unsaturated/α-hetero) is 1. The number of ether oxygens (including phenoxy) is 1. The van der Waals surface area contributed by atoms with E-state index < -0.39 is 0 Å². The third-order valence-corrected chi connectivity index (χ3v) is 5.39. The summed E-state index contributed by atoms with van der Waals surface area (Å²) in [7, 11) is 0. The lowest BCUT2D eigenvalue weighted by Gasteiger charge is -2.47. The molecule has 3 rings (SSSR count). The van der Waals surface area contributed by atoms with Gasteiger partial charge in [-0.15, -0.1) is 0 Å². The van der Waals surface area contributed by atoms with Crippen molar-refractivity contribution >= 4 is 5.78 Å². The van der Waals surface area contributed by atoms with Gasteiger partial charge in [-0.05, 0) is 24.2 Å². The highest BCUT2D eigenvalue weighted by molar-refractivity contribution is 5.93. The minimum Gasteiger partial charge on any atom is -0.379 e. The Morgan fingerprint density at radius 2 is 2.00 bits per heavy atom. The van der Waals surface area contributed by atoms with Gasteiger partial charge in [-0.1, -0.05) is 13.8 Å². The molecule has 3 nitrogen and oxygen atoms in total. The van der Waals surface area contributed by atoms with Gasteiger partial charge in [0.25, 0.3) is 0 Å². The highest BCUT2D eigenvalue weighted by Gasteiger charge is 2.66. The summed E-state index contributed by atoms with van der Waals surface area (Å²) >= 11 is 0. The minimum absolute atomic E-state index is 0.151. The second-order valence-corrected chi connectivity index (χ2v) is 6.04. The summed E-state index contributed by atoms with van der Waals surface area (Å²) in [6.45, 7) is 8.03. The molecule has 0 spiro atoms. The standard InChI is InChI=1S/C13H21NO2/c1-12(2)10-3-4-13(12,11(15)9-10)14-5-7-16-8-6-14/h10H,3-9H2,1-2H3/t10?,13-/m1/s1. The number of nitrogens with zero attached hydrogens (tertiary/aromatic N) is 1. The van der Waals surface area contributed by atoms with E-state index in [-0.39, 0.29) is 11.0 Å². The van der Waals surface area contributed by atoms with Gasteiger partial charge >= 0.3 is 0 Å². The number of hydrogen-bond acceptors (Lipinski definition) is 3. The third kappa shape index (κ3) is 1.08. The van der Waals surface area contributed by atoms with Gasteiger partial charge in [0.1, 0.15) is 0 Å². The van der Waals surface area contributed by atoms with Gasteiger partial charge in [-0.25, -0.2) is 0 Å². The Bertz CT molecular complexity index is 320. The number of carbonyl (C=O) groups excluding carboxylic acids is 1. The normalized spacial score (nSPS) is 42.9. The van der Waals surface area contributed by atoms with Gasteiger partial charge in [0, 0.05) is 19.5 Å². The average Bonchev–Trinajstić information content (AvgIpc) is 2.64. The Balaban J connectivity index is 1.97. The maximum atomic E-state index is 12.4. The third-order valence-electron chi connectivity index (χ3n) is 5.39. The van der Waals surface area contributed by atoms with Gasteiger partial charge in [-0.2, -0.15) is 0 Å². The molecule has 0 N–H and O–H groups in total. The van der Waals surface area contributed by atoms with Crippen molar-refractivity contribution in [2.24, 2.45) is 11.3 Å². The van der Waals surface area contributed by atoms with Crippen LogP contribution in [0.1, 0.15) is 33.1 Å². The first-order chi connectivity index (χ1) is 7.59. The van der Waals surface area contributed by atoms with Gasteiger partial charge in [0.05, 0.1) is 18.8 Å². The van der Waals surface area contributed by atoms with E-state index in [1.165, 1.54) is 6.42 Å². The SMILES string of the molecule is CC1(C)C2CC[C@@]1(N1CCOCC1)C(=O)C2. The summed E-state index contributed by atoms with van der Waals surface area (Å²) in [5.74, 6) is 1.11. The van der Waals surface area contributed by atoms with Crippen LogP contribution in [0.4, 0.5) is 0 Å². The van der Waals surface area contributed by atoms with E-state index in [2.05, 4.69) is 18.7 Å². The minimum atomic E-state index is -0.151. The number of carbonyl (C=O) groups is 1. The van der Waals surface area contributed by atoms with Crippen LogP contribution in [-0.2, 0) is 9.53 Å². The van der Waals surface area contributed by atoms with Gasteiger partial charge in [-0.3, -0.25) is 9.69 Å². The number of morpholine rings is 1. The fourth-order valence-electron chi connectivity index (χ4n) is 4.34. The molecule has 1 heterocycles. The molecule has 90 valence electrons. The van der Waals surface area contributed by atoms with E-state index >= 15 is 0 Å². The van der Waals surface area contributed by atoms with Crippen LogP contribution in [-0.4, -0.2) is 42.5 Å². The second kappa shape index (κ2) is 3.30. The van der Waals surface area contributed by atoms with Crippen LogP contribution in [0.2, 0.25) is 0 Å². The highest BCUT2D eigenvalue weighted by Crippen LogP contribution is 2.60. The first-order valence-electron chi connectivity index (χ1n) is 6.45. The Morgan fingerprint density at radius 3 is 2.50 bits per heavy atom. The number of fused-ring (bicyclic) bond motifs is 2. The van der Waals surface area contributed by atoms with E-state index in [1.54, 1.807) is 0 Å². The van der Waals surface area contributed by atoms with Crippen molar-refractivity contribution in [3.05, 3.63) is 0 Å². The molecule has 2 aliphatic carbocycles. The smallest absolute Gasteiger partial charge is 0.153 e. The van der Waals surface area contributed by atoms with Crippen molar-refractivity contribution in [3.8, 4) is 0 Å². The van der Waals surface area contributed by atoms with Crippen molar-refractivity contribution in [1.29, 1.82) is 0 Å². The molecule has 0 aromatic carbocycles. The summed E-state index contributed by atoms with van der Waals surface area (Å²) in [5, 5.41) is 0. The molecule has 1 saturated heterocycles. The van der Waals surface area contributed by atoms with E-state index in [9.17, 15) is 4.79 Å². The fraction of sp³-hybridized carbons (Fsp3) is 0.923. The van der Waals surface area contributed by atoms with Crippen molar-refractivity contribution in [2.45, 2.75) is 38.6 Å². The molecule has 2 atom stereocenters. The zero-order chi connectivity index (χ0) is 11.4. The molecular formula is C13H21NO2. The molecular weight excluding hydrogens is 202 g/mol. The van der Waals surface area contributed by atoms with E-state index in [0.29, 0.717) is 11.7 Å². The Hall–Kier alpha value is -0.410. The molecule has 3 fully saturated rings. The zero-order valence-corrected chi connectivity index (χ0v) is 10.3. The van der Waals surface area contributed by atoms with Crippen LogP contribution in [0.3, 0.4) is 0 Å². The van der Waals surface area contributed by atoms with E-state index in [0.717, 1.165) is 39.1 Å². The Kier molecular flexibility index (Phi) is 2.21. The predicted octanol–water partition coefficient (Wildman–Crippen LogP) is 1.47. The molecule has 3 heteroatoms. The lowest BCUT2D eigenvalue weighted by Crippen LogP contribution is -2.60. The van der Waals surface area contributed by atoms with Crippen molar-refractivity contribution in [2.75, 3.05) is 26.3 Å². The maximum absolute atomic E-state index is 12.4. The zero-order valence-electron chi connectivity index (χ0n) is 10.3. The van der Waals surface area contributed by atoms with Crippen LogP contribution in [0.15, 0.2) is 0 Å². The molecule has 0 aromatic heterocycles. The largest absolute Gasteiger partial charge is 0.379 e. The van der Waals surface area contributed by atoms with Crippen molar-refractivity contribution < 1.29 is 9.53 Å². The average molecular weight is 223 g/mol. The summed E-state index contributed by atoms with van der Waals surface area (Å²) < 4.78 is 5.41. The first kappa shape index (κ1) is 10.7. The summed E-state index contributed by atoms with van der Waals surface area (Å²) in [6.07, 6.45) is 3.12. The van der Waals surface area contributed by atoms with Crippen LogP contribution in [0.25, 0.3) is 0 Å². The quantitative estimate of drug-likeness (QED) is 0.674. The van der Waals surface area contributed by atoms with Gasteiger partial charge < -0.3 is 4.74 Å². The van der Waals surface area contributed by atoms with Crippen LogP contribution >= 0.6 is 0 Å². The van der Waals surface area contributed by atoms with Crippen LogP contribution < -0.4 is 0 Å². The number of ketones is 1. The summed E-state index contributed by atoms with van der Waals surface area (Å²) in [5.41, 5.74) is 0.0167. The van der Waals surface area contributed by atoms with Crippen molar-refractivity contribution in [1.82, 2.24) is 4.90 Å². The lowest BCUT2D eigenvalue weighted by atomic mass is 9.74.